The van der Waals surface area contributed by atoms with Crippen LogP contribution in [0.1, 0.15) is 11.4 Å². The first-order valence-electron chi connectivity index (χ1n) is 6.05. The maximum atomic E-state index is 14.1. The lowest BCUT2D eigenvalue weighted by atomic mass is 10.2. The fraction of sp³-hybridized carbons (Fsp3) is 0.357. The lowest BCUT2D eigenvalue weighted by molar-refractivity contribution is 0.511. The molecule has 0 saturated carbocycles. The van der Waals surface area contributed by atoms with Crippen molar-refractivity contribution in [3.8, 4) is 11.5 Å². The molecule has 0 aliphatic rings. The second-order valence-electron chi connectivity index (χ2n) is 5.64. The van der Waals surface area contributed by atoms with Gasteiger partial charge >= 0.3 is 0 Å². The van der Waals surface area contributed by atoms with E-state index in [9.17, 15) is 8.78 Å². The highest BCUT2D eigenvalue weighted by Crippen LogP contribution is 2.23. The van der Waals surface area contributed by atoms with Crippen molar-refractivity contribution in [1.82, 2.24) is 9.55 Å². The molecule has 0 atom stereocenters. The molecule has 2 nitrogen and oxygen atoms in total. The molecular weight excluding hydrogens is 262 g/mol. The molecule has 0 amide bonds. The van der Waals surface area contributed by atoms with Crippen molar-refractivity contribution in [2.24, 2.45) is 7.05 Å². The first-order chi connectivity index (χ1) is 8.70. The molecule has 0 saturated heterocycles. The molecule has 0 radical (unpaired) electrons. The molecule has 1 heterocycles. The van der Waals surface area contributed by atoms with E-state index in [1.165, 1.54) is 6.07 Å². The van der Waals surface area contributed by atoms with Crippen LogP contribution in [0, 0.1) is 30.0 Å². The number of nitrogens with zero attached hydrogens (tertiary/aromatic N) is 2. The van der Waals surface area contributed by atoms with Crippen LogP contribution in [0.3, 0.4) is 0 Å². The number of hydrogen-bond donors (Lipinski definition) is 0. The number of aryl methyl sites for hydroxylation is 2. The molecule has 19 heavy (non-hydrogen) atoms. The Morgan fingerprint density at radius 1 is 1.21 bits per heavy atom. The third kappa shape index (κ3) is 2.54. The number of benzene rings is 1. The van der Waals surface area contributed by atoms with Gasteiger partial charge in [-0.3, -0.25) is 0 Å². The van der Waals surface area contributed by atoms with Crippen molar-refractivity contribution in [2.75, 3.05) is 0 Å². The van der Waals surface area contributed by atoms with Crippen LogP contribution >= 0.6 is 0 Å². The molecule has 100 valence electrons. The average Bonchev–Trinajstić information content (AvgIpc) is 2.57. The summed E-state index contributed by atoms with van der Waals surface area (Å²) in [7, 11) is 0.0379. The monoisotopic (exact) mass is 278 g/mol. The largest absolute Gasteiger partial charge is 0.329 e. The van der Waals surface area contributed by atoms with Crippen LogP contribution in [0.4, 0.5) is 8.78 Å². The number of fused-ring (bicyclic) bond motifs is 1. The van der Waals surface area contributed by atoms with Gasteiger partial charge < -0.3 is 4.57 Å². The van der Waals surface area contributed by atoms with Crippen LogP contribution in [0.15, 0.2) is 6.07 Å². The molecule has 0 bridgehead atoms. The summed E-state index contributed by atoms with van der Waals surface area (Å²) in [6, 6.07) is 1.52. The van der Waals surface area contributed by atoms with Gasteiger partial charge in [0.1, 0.15) is 19.4 Å². The molecule has 2 rings (SSSR count). The minimum atomic E-state index is -1.63. The SMILES string of the molecule is Cc1nc2cc(C#C[Si](C)(C)C)c(F)c(F)c2n1C. The van der Waals surface area contributed by atoms with Crippen LogP contribution in [0.2, 0.25) is 19.6 Å². The van der Waals surface area contributed by atoms with E-state index in [0.29, 0.717) is 11.3 Å². The molecule has 0 aliphatic heterocycles. The molecule has 0 fully saturated rings. The highest BCUT2D eigenvalue weighted by molar-refractivity contribution is 6.83. The molecular formula is C14H16F2N2Si. The van der Waals surface area contributed by atoms with Crippen molar-refractivity contribution >= 4 is 19.1 Å². The highest BCUT2D eigenvalue weighted by atomic mass is 28.3. The molecule has 1 aromatic heterocycles. The molecule has 2 aromatic rings. The smallest absolute Gasteiger partial charge is 0.185 e. The third-order valence-corrected chi connectivity index (χ3v) is 3.71. The van der Waals surface area contributed by atoms with Crippen LogP contribution < -0.4 is 0 Å². The Morgan fingerprint density at radius 3 is 2.42 bits per heavy atom. The Balaban J connectivity index is 2.71. The second-order valence-corrected chi connectivity index (χ2v) is 10.4. The summed E-state index contributed by atoms with van der Waals surface area (Å²) in [6.45, 7) is 7.91. The van der Waals surface area contributed by atoms with Crippen molar-refractivity contribution < 1.29 is 8.78 Å². The second kappa shape index (κ2) is 4.46. The molecule has 0 unspecified atom stereocenters. The Morgan fingerprint density at radius 2 is 1.84 bits per heavy atom. The van der Waals surface area contributed by atoms with Gasteiger partial charge in [-0.05, 0) is 13.0 Å². The van der Waals surface area contributed by atoms with Crippen LogP contribution in [-0.4, -0.2) is 17.6 Å². The summed E-state index contributed by atoms with van der Waals surface area (Å²) in [5.41, 5.74) is 3.76. The first kappa shape index (κ1) is 13.8. The van der Waals surface area contributed by atoms with Crippen molar-refractivity contribution in [3.63, 3.8) is 0 Å². The minimum Gasteiger partial charge on any atom is -0.329 e. The van der Waals surface area contributed by atoms with Gasteiger partial charge in [-0.1, -0.05) is 25.6 Å². The molecule has 0 spiro atoms. The maximum Gasteiger partial charge on any atom is 0.185 e. The summed E-state index contributed by atoms with van der Waals surface area (Å²) in [5.74, 6) is 1.64. The molecule has 5 heteroatoms. The lowest BCUT2D eigenvalue weighted by Crippen LogP contribution is -2.16. The van der Waals surface area contributed by atoms with Gasteiger partial charge in [0.2, 0.25) is 0 Å². The maximum absolute atomic E-state index is 14.1. The van der Waals surface area contributed by atoms with Gasteiger partial charge in [0.15, 0.2) is 11.6 Å². The van der Waals surface area contributed by atoms with Gasteiger partial charge in [-0.2, -0.15) is 0 Å². The summed E-state index contributed by atoms with van der Waals surface area (Å²) < 4.78 is 29.6. The normalized spacial score (nSPS) is 11.5. The predicted molar refractivity (Wildman–Crippen MR) is 75.6 cm³/mol. The number of halogens is 2. The van der Waals surface area contributed by atoms with Crippen molar-refractivity contribution in [3.05, 3.63) is 29.1 Å². The summed E-state index contributed by atoms with van der Waals surface area (Å²) in [4.78, 5) is 4.22. The van der Waals surface area contributed by atoms with Crippen molar-refractivity contribution in [1.29, 1.82) is 0 Å². The number of hydrogen-bond acceptors (Lipinski definition) is 1. The van der Waals surface area contributed by atoms with Gasteiger partial charge in [0, 0.05) is 7.05 Å². The average molecular weight is 278 g/mol. The Kier molecular flexibility index (Phi) is 3.23. The van der Waals surface area contributed by atoms with Gasteiger partial charge in [0.05, 0.1) is 11.1 Å². The fourth-order valence-electron chi connectivity index (χ4n) is 1.76. The third-order valence-electron chi connectivity index (χ3n) is 2.84. The summed E-state index contributed by atoms with van der Waals surface area (Å²) in [5, 5.41) is 0. The fourth-order valence-corrected chi connectivity index (χ4v) is 2.27. The number of aromatic nitrogens is 2. The summed E-state index contributed by atoms with van der Waals surface area (Å²) >= 11 is 0. The Bertz CT molecular complexity index is 715. The Hall–Kier alpha value is -1.67. The topological polar surface area (TPSA) is 17.8 Å². The first-order valence-corrected chi connectivity index (χ1v) is 9.55. The highest BCUT2D eigenvalue weighted by Gasteiger charge is 2.17. The number of rotatable bonds is 0. The van der Waals surface area contributed by atoms with E-state index in [1.807, 2.05) is 0 Å². The quantitative estimate of drug-likeness (QED) is 0.533. The van der Waals surface area contributed by atoms with E-state index in [0.717, 1.165) is 0 Å². The van der Waals surface area contributed by atoms with Gasteiger partial charge in [0.25, 0.3) is 0 Å². The predicted octanol–water partition coefficient (Wildman–Crippen LogP) is 3.39. The minimum absolute atomic E-state index is 0.0884. The van der Waals surface area contributed by atoms with Crippen LogP contribution in [0.25, 0.3) is 11.0 Å². The van der Waals surface area contributed by atoms with E-state index in [-0.39, 0.29) is 11.1 Å². The summed E-state index contributed by atoms with van der Waals surface area (Å²) in [6.07, 6.45) is 0. The molecule has 0 aliphatic carbocycles. The van der Waals surface area contributed by atoms with Gasteiger partial charge in [-0.15, -0.1) is 5.54 Å². The van der Waals surface area contributed by atoms with Crippen LogP contribution in [0.5, 0.6) is 0 Å². The zero-order valence-electron chi connectivity index (χ0n) is 11.7. The zero-order chi connectivity index (χ0) is 14.4. The van der Waals surface area contributed by atoms with Crippen molar-refractivity contribution in [2.45, 2.75) is 26.6 Å². The number of imidazole rings is 1. The zero-order valence-corrected chi connectivity index (χ0v) is 12.7. The van der Waals surface area contributed by atoms with E-state index < -0.39 is 19.7 Å². The van der Waals surface area contributed by atoms with E-state index in [2.05, 4.69) is 36.1 Å². The standard InChI is InChI=1S/C14H16F2N2Si/c1-9-17-11-8-10(6-7-19(3,4)5)12(15)13(16)14(11)18(9)2/h8H,1-5H3. The molecule has 0 N–H and O–H groups in total. The lowest BCUT2D eigenvalue weighted by Gasteiger charge is -2.04. The van der Waals surface area contributed by atoms with Gasteiger partial charge in [-0.25, -0.2) is 13.8 Å². The Labute approximate surface area is 112 Å². The van der Waals surface area contributed by atoms with E-state index in [1.54, 1.807) is 18.5 Å². The van der Waals surface area contributed by atoms with E-state index >= 15 is 0 Å². The van der Waals surface area contributed by atoms with Crippen LogP contribution in [-0.2, 0) is 7.05 Å². The molecule has 1 aromatic carbocycles. The van der Waals surface area contributed by atoms with E-state index in [4.69, 9.17) is 0 Å².